The van der Waals surface area contributed by atoms with E-state index in [1.165, 1.54) is 16.4 Å². The van der Waals surface area contributed by atoms with Crippen LogP contribution in [0.25, 0.3) is 0 Å². The maximum absolute atomic E-state index is 15.6. The van der Waals surface area contributed by atoms with Crippen molar-refractivity contribution >= 4 is 15.9 Å². The number of hydrogen-bond acceptors (Lipinski definition) is 4. The van der Waals surface area contributed by atoms with Crippen LogP contribution in [0.2, 0.25) is 0 Å². The highest BCUT2D eigenvalue weighted by Crippen LogP contribution is 2.44. The zero-order chi connectivity index (χ0) is 21.8. The van der Waals surface area contributed by atoms with E-state index in [0.29, 0.717) is 19.3 Å². The van der Waals surface area contributed by atoms with Crippen molar-refractivity contribution in [3.8, 4) is 0 Å². The molecule has 1 amide bonds. The molecule has 0 bridgehead atoms. The SMILES string of the molecule is CCCS(=O)(=O)N1CCN(C2(C(F)(F)NC(=O)c3ccccc3)CCCCC2)CC1. The fourth-order valence-electron chi connectivity index (χ4n) is 4.67. The number of benzene rings is 1. The largest absolute Gasteiger partial charge is 0.343 e. The Hall–Kier alpha value is -1.58. The summed E-state index contributed by atoms with van der Waals surface area (Å²) in [6.45, 7) is 2.68. The van der Waals surface area contributed by atoms with Crippen molar-refractivity contribution in [1.29, 1.82) is 0 Å². The Morgan fingerprint density at radius 1 is 1.07 bits per heavy atom. The van der Waals surface area contributed by atoms with E-state index >= 15 is 8.78 Å². The standard InChI is InChI=1S/C21H31F2N3O3S/c1-2-17-30(28,29)26-15-13-25(14-16-26)20(11-7-4-8-12-20)21(22,23)24-19(27)18-9-5-3-6-10-18/h3,5-6,9-10H,2,4,7-8,11-17H2,1H3,(H,24,27). The Morgan fingerprint density at radius 3 is 2.23 bits per heavy atom. The summed E-state index contributed by atoms with van der Waals surface area (Å²) in [5.41, 5.74) is -1.30. The van der Waals surface area contributed by atoms with Crippen LogP contribution >= 0.6 is 0 Å². The molecule has 0 unspecified atom stereocenters. The molecule has 30 heavy (non-hydrogen) atoms. The smallest absolute Gasteiger partial charge is 0.292 e. The van der Waals surface area contributed by atoms with Crippen LogP contribution in [0.5, 0.6) is 0 Å². The second-order valence-electron chi connectivity index (χ2n) is 8.19. The third-order valence-corrected chi connectivity index (χ3v) is 8.35. The molecule has 1 heterocycles. The van der Waals surface area contributed by atoms with Crippen molar-refractivity contribution in [2.45, 2.75) is 57.0 Å². The summed E-state index contributed by atoms with van der Waals surface area (Å²) in [6, 6.07) is 4.60. The van der Waals surface area contributed by atoms with Crippen molar-refractivity contribution in [2.24, 2.45) is 0 Å². The van der Waals surface area contributed by atoms with E-state index in [2.05, 4.69) is 0 Å². The highest BCUT2D eigenvalue weighted by Gasteiger charge is 2.58. The van der Waals surface area contributed by atoms with Gasteiger partial charge in [0.1, 0.15) is 5.54 Å². The van der Waals surface area contributed by atoms with E-state index in [0.717, 1.165) is 6.42 Å². The van der Waals surface area contributed by atoms with E-state index in [1.807, 2.05) is 5.32 Å². The van der Waals surface area contributed by atoms with Crippen LogP contribution in [-0.4, -0.2) is 67.0 Å². The molecule has 2 fully saturated rings. The first-order valence-electron chi connectivity index (χ1n) is 10.7. The van der Waals surface area contributed by atoms with Crippen molar-refractivity contribution < 1.29 is 22.0 Å². The topological polar surface area (TPSA) is 69.7 Å². The quantitative estimate of drug-likeness (QED) is 0.658. The number of amides is 1. The minimum atomic E-state index is -3.43. The van der Waals surface area contributed by atoms with Gasteiger partial charge in [0, 0.05) is 31.7 Å². The first-order valence-corrected chi connectivity index (χ1v) is 12.3. The lowest BCUT2D eigenvalue weighted by atomic mass is 9.77. The van der Waals surface area contributed by atoms with Crippen LogP contribution in [0.3, 0.4) is 0 Å². The number of rotatable bonds is 7. The molecule has 1 N–H and O–H groups in total. The van der Waals surface area contributed by atoms with Gasteiger partial charge in [0.15, 0.2) is 0 Å². The Bertz CT molecular complexity index is 819. The van der Waals surface area contributed by atoms with Gasteiger partial charge in [0.25, 0.3) is 5.91 Å². The molecule has 1 saturated heterocycles. The molecule has 2 aliphatic rings. The minimum absolute atomic E-state index is 0.0709. The Labute approximate surface area is 177 Å². The van der Waals surface area contributed by atoms with Gasteiger partial charge in [0.05, 0.1) is 5.75 Å². The molecule has 9 heteroatoms. The number of nitrogens with zero attached hydrogens (tertiary/aromatic N) is 2. The molecule has 1 aliphatic heterocycles. The van der Waals surface area contributed by atoms with Crippen LogP contribution in [0.4, 0.5) is 8.78 Å². The molecule has 0 atom stereocenters. The van der Waals surface area contributed by atoms with Crippen molar-refractivity contribution in [3.63, 3.8) is 0 Å². The molecule has 0 radical (unpaired) electrons. The van der Waals surface area contributed by atoms with E-state index in [4.69, 9.17) is 0 Å². The molecule has 1 aliphatic carbocycles. The number of carbonyl (C=O) groups is 1. The Balaban J connectivity index is 1.78. The monoisotopic (exact) mass is 443 g/mol. The molecular weight excluding hydrogens is 412 g/mol. The second-order valence-corrected chi connectivity index (χ2v) is 10.3. The number of piperazine rings is 1. The summed E-state index contributed by atoms with van der Waals surface area (Å²) in [7, 11) is -3.35. The number of halogens is 2. The number of nitrogens with one attached hydrogen (secondary N) is 1. The number of alkyl halides is 2. The predicted octanol–water partition coefficient (Wildman–Crippen LogP) is 3.07. The summed E-state index contributed by atoms with van der Waals surface area (Å²) in [4.78, 5) is 14.2. The lowest BCUT2D eigenvalue weighted by molar-refractivity contribution is -0.178. The fraction of sp³-hybridized carbons (Fsp3) is 0.667. The molecule has 0 aromatic heterocycles. The minimum Gasteiger partial charge on any atom is -0.292 e. The van der Waals surface area contributed by atoms with E-state index in [9.17, 15) is 13.2 Å². The molecular formula is C21H31F2N3O3S. The maximum Gasteiger partial charge on any atom is 0.343 e. The van der Waals surface area contributed by atoms with Gasteiger partial charge in [-0.3, -0.25) is 15.0 Å². The Morgan fingerprint density at radius 2 is 1.67 bits per heavy atom. The van der Waals surface area contributed by atoms with Gasteiger partial charge < -0.3 is 0 Å². The van der Waals surface area contributed by atoms with Crippen LogP contribution in [-0.2, 0) is 10.0 Å². The average molecular weight is 444 g/mol. The van der Waals surface area contributed by atoms with E-state index in [-0.39, 0.29) is 50.3 Å². The van der Waals surface area contributed by atoms with Crippen LogP contribution in [0, 0.1) is 0 Å². The average Bonchev–Trinajstić information content (AvgIpc) is 2.74. The van der Waals surface area contributed by atoms with Crippen molar-refractivity contribution in [2.75, 3.05) is 31.9 Å². The van der Waals surface area contributed by atoms with Gasteiger partial charge in [-0.1, -0.05) is 44.4 Å². The molecule has 0 spiro atoms. The lowest BCUT2D eigenvalue weighted by Crippen LogP contribution is -2.70. The predicted molar refractivity (Wildman–Crippen MR) is 112 cm³/mol. The van der Waals surface area contributed by atoms with Gasteiger partial charge in [-0.25, -0.2) is 8.42 Å². The zero-order valence-electron chi connectivity index (χ0n) is 17.4. The highest BCUT2D eigenvalue weighted by atomic mass is 32.2. The summed E-state index contributed by atoms with van der Waals surface area (Å²) in [5.74, 6) is -0.726. The summed E-state index contributed by atoms with van der Waals surface area (Å²) in [5, 5.41) is 2.00. The molecule has 6 nitrogen and oxygen atoms in total. The van der Waals surface area contributed by atoms with Crippen molar-refractivity contribution in [1.82, 2.24) is 14.5 Å². The molecule has 1 aromatic carbocycles. The Kier molecular flexibility index (Phi) is 7.14. The maximum atomic E-state index is 15.6. The van der Waals surface area contributed by atoms with Crippen molar-refractivity contribution in [3.05, 3.63) is 35.9 Å². The summed E-state index contributed by atoms with van der Waals surface area (Å²) < 4.78 is 57.4. The van der Waals surface area contributed by atoms with Gasteiger partial charge in [0.2, 0.25) is 10.0 Å². The van der Waals surface area contributed by atoms with Crippen LogP contribution in [0.15, 0.2) is 30.3 Å². The first kappa shape index (κ1) is 23.1. The third kappa shape index (κ3) is 4.68. The number of hydrogen-bond donors (Lipinski definition) is 1. The first-order chi connectivity index (χ1) is 14.2. The normalized spacial score (nSPS) is 21.3. The fourth-order valence-corrected chi connectivity index (χ4v) is 6.16. The number of sulfonamides is 1. The van der Waals surface area contributed by atoms with Crippen LogP contribution in [0.1, 0.15) is 55.8 Å². The van der Waals surface area contributed by atoms with Gasteiger partial charge in [-0.05, 0) is 31.4 Å². The van der Waals surface area contributed by atoms with Gasteiger partial charge in [-0.2, -0.15) is 13.1 Å². The highest BCUT2D eigenvalue weighted by molar-refractivity contribution is 7.89. The number of carbonyl (C=O) groups excluding carboxylic acids is 1. The van der Waals surface area contributed by atoms with Crippen LogP contribution < -0.4 is 5.32 Å². The summed E-state index contributed by atoms with van der Waals surface area (Å²) >= 11 is 0. The molecule has 1 aromatic rings. The third-order valence-electron chi connectivity index (χ3n) is 6.27. The molecule has 3 rings (SSSR count). The van der Waals surface area contributed by atoms with Gasteiger partial charge in [-0.15, -0.1) is 0 Å². The van der Waals surface area contributed by atoms with Gasteiger partial charge >= 0.3 is 6.05 Å². The van der Waals surface area contributed by atoms with E-state index < -0.39 is 27.5 Å². The summed E-state index contributed by atoms with van der Waals surface area (Å²) in [6.07, 6.45) is 3.27. The molecule has 168 valence electrons. The molecule has 1 saturated carbocycles. The van der Waals surface area contributed by atoms with E-state index in [1.54, 1.807) is 30.0 Å². The lowest BCUT2D eigenvalue weighted by Gasteiger charge is -2.52. The second kappa shape index (κ2) is 9.28. The zero-order valence-corrected chi connectivity index (χ0v) is 18.3.